The Morgan fingerprint density at radius 2 is 1.76 bits per heavy atom. The molecule has 29 heavy (non-hydrogen) atoms. The highest BCUT2D eigenvalue weighted by atomic mass is 16.5. The van der Waals surface area contributed by atoms with Crippen molar-refractivity contribution in [3.63, 3.8) is 0 Å². The van der Waals surface area contributed by atoms with Crippen LogP contribution in [0.25, 0.3) is 0 Å². The van der Waals surface area contributed by atoms with Crippen molar-refractivity contribution in [1.29, 1.82) is 0 Å². The number of hydrogen-bond acceptors (Lipinski definition) is 8. The number of esters is 2. The predicted octanol–water partition coefficient (Wildman–Crippen LogP) is 2.33. The topological polar surface area (TPSA) is 77.5 Å². The Morgan fingerprint density at radius 1 is 1.07 bits per heavy atom. The summed E-state index contributed by atoms with van der Waals surface area (Å²) in [7, 11) is 4.11. The standard InChI is InChI=1S/C21H28N2O6/c1-14-7-9-22(10-8-14)15-5-6-17(18(11-15)26-2)23-13-29-12-16(20(24)27-3)19(23)21(25)28-4/h5-6,11,14H,7-10,12-13H2,1-4H3. The van der Waals surface area contributed by atoms with E-state index in [9.17, 15) is 9.59 Å². The highest BCUT2D eigenvalue weighted by molar-refractivity contribution is 6.03. The second kappa shape index (κ2) is 9.17. The largest absolute Gasteiger partial charge is 0.494 e. The minimum Gasteiger partial charge on any atom is -0.494 e. The first-order chi connectivity index (χ1) is 14.0. The van der Waals surface area contributed by atoms with Gasteiger partial charge in [0.2, 0.25) is 0 Å². The van der Waals surface area contributed by atoms with Gasteiger partial charge in [-0.3, -0.25) is 0 Å². The number of hydrogen-bond donors (Lipinski definition) is 0. The van der Waals surface area contributed by atoms with Gasteiger partial charge in [0.15, 0.2) is 0 Å². The summed E-state index contributed by atoms with van der Waals surface area (Å²) >= 11 is 0. The molecule has 0 aliphatic carbocycles. The molecule has 2 aliphatic heterocycles. The van der Waals surface area contributed by atoms with Gasteiger partial charge in [-0.05, 0) is 30.9 Å². The fraction of sp³-hybridized carbons (Fsp3) is 0.524. The van der Waals surface area contributed by atoms with Gasteiger partial charge in [-0.2, -0.15) is 0 Å². The van der Waals surface area contributed by atoms with Crippen molar-refractivity contribution in [3.8, 4) is 5.75 Å². The number of benzene rings is 1. The van der Waals surface area contributed by atoms with E-state index in [-0.39, 0.29) is 24.6 Å². The molecule has 1 aromatic carbocycles. The van der Waals surface area contributed by atoms with Gasteiger partial charge in [-0.1, -0.05) is 6.92 Å². The smallest absolute Gasteiger partial charge is 0.355 e. The van der Waals surface area contributed by atoms with Gasteiger partial charge in [0.25, 0.3) is 0 Å². The summed E-state index contributed by atoms with van der Waals surface area (Å²) in [4.78, 5) is 28.6. The van der Waals surface area contributed by atoms with E-state index in [4.69, 9.17) is 18.9 Å². The fourth-order valence-corrected chi connectivity index (χ4v) is 3.69. The van der Waals surface area contributed by atoms with Crippen LogP contribution in [-0.2, 0) is 23.8 Å². The second-order valence-electron chi connectivity index (χ2n) is 7.24. The molecular weight excluding hydrogens is 376 g/mol. The quantitative estimate of drug-likeness (QED) is 0.692. The molecule has 158 valence electrons. The van der Waals surface area contributed by atoms with Gasteiger partial charge in [-0.25, -0.2) is 9.59 Å². The molecule has 1 aromatic rings. The van der Waals surface area contributed by atoms with Gasteiger partial charge in [-0.15, -0.1) is 0 Å². The number of rotatable bonds is 5. The second-order valence-corrected chi connectivity index (χ2v) is 7.24. The monoisotopic (exact) mass is 404 g/mol. The molecule has 0 bridgehead atoms. The lowest BCUT2D eigenvalue weighted by Gasteiger charge is -2.34. The van der Waals surface area contributed by atoms with Crippen LogP contribution in [0.5, 0.6) is 5.75 Å². The van der Waals surface area contributed by atoms with Crippen LogP contribution in [0.4, 0.5) is 11.4 Å². The molecule has 1 saturated heterocycles. The van der Waals surface area contributed by atoms with Crippen molar-refractivity contribution in [2.75, 3.05) is 57.6 Å². The van der Waals surface area contributed by atoms with Gasteiger partial charge in [0.05, 0.1) is 39.2 Å². The minimum atomic E-state index is -0.634. The van der Waals surface area contributed by atoms with Gasteiger partial charge >= 0.3 is 11.9 Å². The Morgan fingerprint density at radius 3 is 2.38 bits per heavy atom. The number of ether oxygens (including phenoxy) is 4. The Balaban J connectivity index is 1.99. The van der Waals surface area contributed by atoms with E-state index in [1.54, 1.807) is 12.0 Å². The Labute approximate surface area is 171 Å². The van der Waals surface area contributed by atoms with E-state index >= 15 is 0 Å². The van der Waals surface area contributed by atoms with E-state index in [0.717, 1.165) is 37.5 Å². The summed E-state index contributed by atoms with van der Waals surface area (Å²) in [6.07, 6.45) is 2.31. The third-order valence-corrected chi connectivity index (χ3v) is 5.44. The molecule has 1 fully saturated rings. The molecule has 8 heteroatoms. The van der Waals surface area contributed by atoms with Crippen LogP contribution in [-0.4, -0.2) is 59.7 Å². The summed E-state index contributed by atoms with van der Waals surface area (Å²) < 4.78 is 20.9. The molecule has 8 nitrogen and oxygen atoms in total. The Kier molecular flexibility index (Phi) is 6.64. The first kappa shape index (κ1) is 21.0. The summed E-state index contributed by atoms with van der Waals surface area (Å²) in [5.41, 5.74) is 1.89. The van der Waals surface area contributed by atoms with E-state index in [2.05, 4.69) is 11.8 Å². The van der Waals surface area contributed by atoms with Crippen LogP contribution < -0.4 is 14.5 Å². The average Bonchev–Trinajstić information content (AvgIpc) is 2.77. The predicted molar refractivity (Wildman–Crippen MR) is 108 cm³/mol. The van der Waals surface area contributed by atoms with Gasteiger partial charge in [0.1, 0.15) is 18.2 Å². The maximum Gasteiger partial charge on any atom is 0.355 e. The van der Waals surface area contributed by atoms with E-state index in [1.165, 1.54) is 14.2 Å². The maximum absolute atomic E-state index is 12.5. The Hall–Kier alpha value is -2.74. The zero-order valence-corrected chi connectivity index (χ0v) is 17.4. The number of carbonyl (C=O) groups is 2. The molecule has 0 unspecified atom stereocenters. The summed E-state index contributed by atoms with van der Waals surface area (Å²) in [5.74, 6) is 0.0534. The summed E-state index contributed by atoms with van der Waals surface area (Å²) in [6.45, 7) is 4.32. The fourth-order valence-electron chi connectivity index (χ4n) is 3.69. The van der Waals surface area contributed by atoms with Crippen molar-refractivity contribution >= 4 is 23.3 Å². The molecular formula is C21H28N2O6. The first-order valence-corrected chi connectivity index (χ1v) is 9.68. The highest BCUT2D eigenvalue weighted by Gasteiger charge is 2.33. The number of carbonyl (C=O) groups excluding carboxylic acids is 2. The first-order valence-electron chi connectivity index (χ1n) is 9.68. The maximum atomic E-state index is 12.5. The van der Waals surface area contributed by atoms with Crippen LogP contribution in [0.3, 0.4) is 0 Å². The lowest BCUT2D eigenvalue weighted by atomic mass is 9.98. The van der Waals surface area contributed by atoms with Crippen LogP contribution in [0.1, 0.15) is 19.8 Å². The van der Waals surface area contributed by atoms with Crippen LogP contribution >= 0.6 is 0 Å². The molecule has 3 rings (SSSR count). The van der Waals surface area contributed by atoms with E-state index in [0.29, 0.717) is 11.4 Å². The molecule has 0 atom stereocenters. The number of piperidine rings is 1. The number of nitrogens with zero attached hydrogens (tertiary/aromatic N) is 2. The molecule has 0 N–H and O–H groups in total. The molecule has 0 spiro atoms. The third kappa shape index (κ3) is 4.32. The third-order valence-electron chi connectivity index (χ3n) is 5.44. The van der Waals surface area contributed by atoms with Crippen molar-refractivity contribution in [3.05, 3.63) is 29.5 Å². The summed E-state index contributed by atoms with van der Waals surface area (Å²) in [6, 6.07) is 5.82. The molecule has 2 heterocycles. The zero-order valence-electron chi connectivity index (χ0n) is 17.4. The lowest BCUT2D eigenvalue weighted by molar-refractivity contribution is -0.140. The van der Waals surface area contributed by atoms with Crippen molar-refractivity contribution < 1.29 is 28.5 Å². The highest BCUT2D eigenvalue weighted by Crippen LogP contribution is 2.37. The Bertz CT molecular complexity index is 798. The van der Waals surface area contributed by atoms with Crippen LogP contribution in [0.2, 0.25) is 0 Å². The summed E-state index contributed by atoms with van der Waals surface area (Å²) in [5, 5.41) is 0. The van der Waals surface area contributed by atoms with Gasteiger partial charge in [0, 0.05) is 24.8 Å². The molecule has 2 aliphatic rings. The minimum absolute atomic E-state index is 0.0278. The molecule has 0 aromatic heterocycles. The number of methoxy groups -OCH3 is 3. The van der Waals surface area contributed by atoms with E-state index in [1.807, 2.05) is 18.2 Å². The van der Waals surface area contributed by atoms with Crippen molar-refractivity contribution in [2.45, 2.75) is 19.8 Å². The van der Waals surface area contributed by atoms with E-state index < -0.39 is 11.9 Å². The molecule has 0 saturated carbocycles. The average molecular weight is 404 g/mol. The number of anilines is 2. The van der Waals surface area contributed by atoms with Gasteiger partial charge < -0.3 is 28.7 Å². The lowest BCUT2D eigenvalue weighted by Crippen LogP contribution is -2.39. The van der Waals surface area contributed by atoms with Crippen molar-refractivity contribution in [1.82, 2.24) is 0 Å². The molecule has 0 amide bonds. The van der Waals surface area contributed by atoms with Crippen LogP contribution in [0, 0.1) is 5.92 Å². The SMILES string of the molecule is COC(=O)C1=C(C(=O)OC)N(c2ccc(N3CCC(C)CC3)cc2OC)COC1. The zero-order chi connectivity index (χ0) is 21.0. The van der Waals surface area contributed by atoms with Crippen molar-refractivity contribution in [2.24, 2.45) is 5.92 Å². The van der Waals surface area contributed by atoms with Crippen LogP contribution in [0.15, 0.2) is 29.5 Å². The molecule has 0 radical (unpaired) electrons. The normalized spacial score (nSPS) is 17.9.